The van der Waals surface area contributed by atoms with E-state index in [1.54, 1.807) is 0 Å². The summed E-state index contributed by atoms with van der Waals surface area (Å²) < 4.78 is 10.3. The Kier molecular flexibility index (Phi) is 35.4. The van der Waals surface area contributed by atoms with Gasteiger partial charge in [-0.05, 0) is 24.7 Å². The van der Waals surface area contributed by atoms with Crippen LogP contribution in [0.5, 0.6) is 0 Å². The Bertz CT molecular complexity index is 351. The Morgan fingerprint density at radius 2 is 1.06 bits per heavy atom. The maximum absolute atomic E-state index is 11.1. The van der Waals surface area contributed by atoms with Gasteiger partial charge in [-0.1, -0.05) is 66.2 Å². The summed E-state index contributed by atoms with van der Waals surface area (Å²) in [7, 11) is 0. The zero-order valence-electron chi connectivity index (χ0n) is 21.1. The third-order valence-electron chi connectivity index (χ3n) is 4.68. The van der Waals surface area contributed by atoms with Gasteiger partial charge in [0.05, 0.1) is 26.1 Å². The van der Waals surface area contributed by atoms with E-state index in [2.05, 4.69) is 62.8 Å². The molecule has 0 aliphatic heterocycles. The van der Waals surface area contributed by atoms with Gasteiger partial charge in [0.25, 0.3) is 0 Å². The Balaban J connectivity index is -0.000000448. The first-order valence-corrected chi connectivity index (χ1v) is 19.0. The molecule has 0 saturated carbocycles. The van der Waals surface area contributed by atoms with Gasteiger partial charge >= 0.3 is 43.0 Å². The molecule has 186 valence electrons. The van der Waals surface area contributed by atoms with Gasteiger partial charge in [-0.3, -0.25) is 9.59 Å². The number of hydrogen-bond donors (Lipinski definition) is 2. The van der Waals surface area contributed by atoms with Crippen LogP contribution in [0.25, 0.3) is 0 Å². The minimum atomic E-state index is -0.116. The summed E-state index contributed by atoms with van der Waals surface area (Å²) in [6, 6.07) is 0. The van der Waals surface area contributed by atoms with E-state index in [-0.39, 0.29) is 33.1 Å². The SMILES string of the molecule is CCCCC(CC)COC(=O)CCS.CCCCC(CC)COC(=O)CCS.[CH3][Sn][CH3]. The van der Waals surface area contributed by atoms with Crippen molar-refractivity contribution in [1.29, 1.82) is 0 Å². The van der Waals surface area contributed by atoms with Gasteiger partial charge in [-0.25, -0.2) is 0 Å². The van der Waals surface area contributed by atoms with Crippen molar-refractivity contribution >= 4 is 58.3 Å². The fraction of sp³-hybridized carbons (Fsp3) is 0.917. The first-order chi connectivity index (χ1) is 14.9. The zero-order valence-corrected chi connectivity index (χ0v) is 25.7. The van der Waals surface area contributed by atoms with E-state index in [9.17, 15) is 9.59 Å². The van der Waals surface area contributed by atoms with Gasteiger partial charge in [0.1, 0.15) is 0 Å². The van der Waals surface area contributed by atoms with Gasteiger partial charge in [0.15, 0.2) is 0 Å². The van der Waals surface area contributed by atoms with Crippen LogP contribution in [-0.4, -0.2) is 57.8 Å². The van der Waals surface area contributed by atoms with E-state index in [4.69, 9.17) is 9.47 Å². The molecule has 2 radical (unpaired) electrons. The minimum absolute atomic E-state index is 0.116. The fourth-order valence-electron chi connectivity index (χ4n) is 2.54. The van der Waals surface area contributed by atoms with Crippen LogP contribution in [-0.2, 0) is 19.1 Å². The van der Waals surface area contributed by atoms with Crippen molar-refractivity contribution in [2.75, 3.05) is 24.7 Å². The quantitative estimate of drug-likeness (QED) is 0.117. The first-order valence-electron chi connectivity index (χ1n) is 12.0. The topological polar surface area (TPSA) is 52.6 Å². The van der Waals surface area contributed by atoms with Crippen LogP contribution in [0, 0.1) is 11.8 Å². The molecule has 0 aromatic rings. The van der Waals surface area contributed by atoms with E-state index < -0.39 is 0 Å². The number of carbonyl (C=O) groups is 2. The molecule has 4 nitrogen and oxygen atoms in total. The second-order valence-corrected chi connectivity index (χ2v) is 11.4. The number of rotatable bonds is 16. The zero-order chi connectivity index (χ0) is 24.3. The molecule has 0 amide bonds. The molecule has 0 N–H and O–H groups in total. The molecular formula is C24H50O4S2Sn. The van der Waals surface area contributed by atoms with E-state index in [1.807, 2.05) is 0 Å². The molecule has 0 aromatic heterocycles. The maximum atomic E-state index is 11.1. The van der Waals surface area contributed by atoms with Crippen molar-refractivity contribution in [2.24, 2.45) is 11.8 Å². The monoisotopic (exact) mass is 586 g/mol. The normalized spacial score (nSPS) is 11.9. The van der Waals surface area contributed by atoms with Crippen molar-refractivity contribution in [3.05, 3.63) is 0 Å². The van der Waals surface area contributed by atoms with Crippen LogP contribution in [0.1, 0.15) is 91.9 Å². The molecule has 31 heavy (non-hydrogen) atoms. The van der Waals surface area contributed by atoms with E-state index in [0.29, 0.717) is 49.4 Å². The van der Waals surface area contributed by atoms with Crippen molar-refractivity contribution in [2.45, 2.75) is 102 Å². The molecule has 0 rings (SSSR count). The summed E-state index contributed by atoms with van der Waals surface area (Å²) >= 11 is 8.20. The molecule has 0 spiro atoms. The van der Waals surface area contributed by atoms with Crippen LogP contribution in [0.2, 0.25) is 9.88 Å². The molecule has 0 aliphatic carbocycles. The van der Waals surface area contributed by atoms with Gasteiger partial charge in [0, 0.05) is 11.5 Å². The van der Waals surface area contributed by atoms with Gasteiger partial charge < -0.3 is 9.47 Å². The number of ether oxygens (including phenoxy) is 2. The van der Waals surface area contributed by atoms with Crippen LogP contribution in [0.3, 0.4) is 0 Å². The van der Waals surface area contributed by atoms with E-state index in [0.717, 1.165) is 12.8 Å². The predicted molar refractivity (Wildman–Crippen MR) is 143 cm³/mol. The molecule has 0 saturated heterocycles. The molecule has 0 heterocycles. The van der Waals surface area contributed by atoms with Crippen LogP contribution < -0.4 is 0 Å². The summed E-state index contributed by atoms with van der Waals surface area (Å²) in [5.74, 6) is 2.00. The van der Waals surface area contributed by atoms with E-state index >= 15 is 0 Å². The number of unbranched alkanes of at least 4 members (excludes halogenated alkanes) is 2. The number of thiol groups is 2. The number of carbonyl (C=O) groups excluding carboxylic acids is 2. The van der Waals surface area contributed by atoms with Crippen molar-refractivity contribution < 1.29 is 19.1 Å². The third-order valence-corrected chi connectivity index (χ3v) is 5.13. The van der Waals surface area contributed by atoms with Crippen molar-refractivity contribution in [3.8, 4) is 0 Å². The first kappa shape index (κ1) is 36.0. The molecule has 2 unspecified atom stereocenters. The van der Waals surface area contributed by atoms with Crippen molar-refractivity contribution in [3.63, 3.8) is 0 Å². The fourth-order valence-corrected chi connectivity index (χ4v) is 2.91. The standard InChI is InChI=1S/2C11H22O2S.2CH3.Sn/c2*1-3-5-6-10(4-2)9-13-11(12)7-8-14;;;/h2*10,14H,3-9H2,1-2H3;2*1H3;. The van der Waals surface area contributed by atoms with Crippen LogP contribution >= 0.6 is 25.3 Å². The Labute approximate surface area is 214 Å². The number of esters is 2. The Morgan fingerprint density at radius 3 is 1.29 bits per heavy atom. The second-order valence-electron chi connectivity index (χ2n) is 7.65. The Morgan fingerprint density at radius 1 is 0.742 bits per heavy atom. The van der Waals surface area contributed by atoms with Crippen molar-refractivity contribution in [1.82, 2.24) is 0 Å². The number of hydrogen-bond acceptors (Lipinski definition) is 6. The second kappa shape index (κ2) is 30.4. The predicted octanol–water partition coefficient (Wildman–Crippen LogP) is 6.92. The molecule has 7 heteroatoms. The average molecular weight is 586 g/mol. The summed E-state index contributed by atoms with van der Waals surface area (Å²) in [6.07, 6.45) is 10.2. The molecular weight excluding hydrogens is 535 g/mol. The van der Waals surface area contributed by atoms with Gasteiger partial charge in [-0.2, -0.15) is 25.3 Å². The molecule has 0 aliphatic rings. The average Bonchev–Trinajstić information content (AvgIpc) is 2.75. The molecule has 0 bridgehead atoms. The molecule has 0 aromatic carbocycles. The molecule has 2 atom stereocenters. The summed E-state index contributed by atoms with van der Waals surface area (Å²) in [5, 5.41) is 0. The summed E-state index contributed by atoms with van der Waals surface area (Å²) in [5.41, 5.74) is 0. The summed E-state index contributed by atoms with van der Waals surface area (Å²) in [4.78, 5) is 26.7. The van der Waals surface area contributed by atoms with Crippen LogP contribution in [0.4, 0.5) is 0 Å². The van der Waals surface area contributed by atoms with Gasteiger partial charge in [0.2, 0.25) is 0 Å². The van der Waals surface area contributed by atoms with Crippen LogP contribution in [0.15, 0.2) is 0 Å². The molecule has 0 fully saturated rings. The van der Waals surface area contributed by atoms with E-state index in [1.165, 1.54) is 38.5 Å². The third kappa shape index (κ3) is 30.4. The summed E-state index contributed by atoms with van der Waals surface area (Å²) in [6.45, 7) is 9.82. The van der Waals surface area contributed by atoms with Gasteiger partial charge in [-0.15, -0.1) is 0 Å². The Hall–Kier alpha value is 0.439.